The van der Waals surface area contributed by atoms with Crippen molar-refractivity contribution in [1.82, 2.24) is 14.9 Å². The number of aromatic nitrogens is 2. The lowest BCUT2D eigenvalue weighted by Gasteiger charge is -2.11. The smallest absolute Gasteiger partial charge is 0.326 e. The highest BCUT2D eigenvalue weighted by Crippen LogP contribution is 2.33. The summed E-state index contributed by atoms with van der Waals surface area (Å²) in [6.07, 6.45) is 4.80. The van der Waals surface area contributed by atoms with E-state index in [0.717, 1.165) is 10.8 Å². The molecule has 0 fully saturated rings. The second-order valence-electron chi connectivity index (χ2n) is 6.55. The topological polar surface area (TPSA) is 88.7 Å². The summed E-state index contributed by atoms with van der Waals surface area (Å²) < 4.78 is 19.8. The summed E-state index contributed by atoms with van der Waals surface area (Å²) in [6.45, 7) is -0.651. The number of nitrogens with one attached hydrogen (secondary N) is 1. The van der Waals surface area contributed by atoms with Gasteiger partial charge in [0.25, 0.3) is 0 Å². The molecule has 0 spiro atoms. The number of phenolic OH excluding ortho intramolecular Hbond substituents is 1. The number of carbonyl (C=O) groups excluding carboxylic acids is 1. The summed E-state index contributed by atoms with van der Waals surface area (Å²) in [5.41, 5.74) is 1.84. The maximum atomic E-state index is 12.3. The van der Waals surface area contributed by atoms with Crippen LogP contribution in [-0.4, -0.2) is 47.2 Å². The van der Waals surface area contributed by atoms with Gasteiger partial charge < -0.3 is 15.2 Å². The third kappa shape index (κ3) is 3.67. The van der Waals surface area contributed by atoms with Crippen LogP contribution in [0, 0.1) is 0 Å². The largest absolute Gasteiger partial charge is 0.507 e. The Hall–Kier alpha value is -3.94. The molecule has 0 saturated carbocycles. The minimum Gasteiger partial charge on any atom is -0.507 e. The Bertz CT molecular complexity index is 1270. The first-order valence-electron chi connectivity index (χ1n) is 9.27. The van der Waals surface area contributed by atoms with Crippen molar-refractivity contribution in [3.05, 3.63) is 60.4 Å². The normalized spacial score (nSPS) is 11.4. The monoisotopic (exact) mass is 406 g/mol. The zero-order valence-corrected chi connectivity index (χ0v) is 16.2. The number of pyridine rings is 1. The highest BCUT2D eigenvalue weighted by molar-refractivity contribution is 5.95. The van der Waals surface area contributed by atoms with Crippen LogP contribution in [0.4, 0.5) is 9.18 Å². The highest BCUT2D eigenvalue weighted by atomic mass is 19.1. The van der Waals surface area contributed by atoms with Crippen molar-refractivity contribution in [1.29, 1.82) is 0 Å². The predicted molar refractivity (Wildman–Crippen MR) is 114 cm³/mol. The lowest BCUT2D eigenvalue weighted by Crippen LogP contribution is -2.29. The average molecular weight is 406 g/mol. The Labute approximate surface area is 171 Å². The number of aromatic hydroxyl groups is 1. The SMILES string of the molecule is CN=Cc1cc2c(Oc3ccc4c(ccn4C(=O)NCCF)c3)ccnc2cc1O. The van der Waals surface area contributed by atoms with Crippen LogP contribution in [0.5, 0.6) is 17.2 Å². The third-order valence-corrected chi connectivity index (χ3v) is 4.60. The second-order valence-corrected chi connectivity index (χ2v) is 6.55. The number of carbonyl (C=O) groups is 1. The van der Waals surface area contributed by atoms with Crippen LogP contribution in [0.15, 0.2) is 59.9 Å². The van der Waals surface area contributed by atoms with Gasteiger partial charge in [-0.3, -0.25) is 14.5 Å². The molecule has 2 heterocycles. The Morgan fingerprint density at radius 1 is 1.30 bits per heavy atom. The zero-order chi connectivity index (χ0) is 21.1. The maximum absolute atomic E-state index is 12.3. The quantitative estimate of drug-likeness (QED) is 0.485. The first-order chi connectivity index (χ1) is 14.6. The first-order valence-corrected chi connectivity index (χ1v) is 9.27. The van der Waals surface area contributed by atoms with Gasteiger partial charge in [0.05, 0.1) is 11.0 Å². The van der Waals surface area contributed by atoms with Crippen LogP contribution < -0.4 is 10.1 Å². The molecular formula is C22H19FN4O3. The summed E-state index contributed by atoms with van der Waals surface area (Å²) in [4.78, 5) is 20.4. The fourth-order valence-electron chi connectivity index (χ4n) is 3.23. The Morgan fingerprint density at radius 2 is 2.17 bits per heavy atom. The lowest BCUT2D eigenvalue weighted by molar-refractivity contribution is 0.242. The minimum absolute atomic E-state index is 0.0326. The third-order valence-electron chi connectivity index (χ3n) is 4.60. The van der Waals surface area contributed by atoms with Gasteiger partial charge in [0.1, 0.15) is 23.9 Å². The van der Waals surface area contributed by atoms with Gasteiger partial charge in [-0.25, -0.2) is 9.18 Å². The number of fused-ring (bicyclic) bond motifs is 2. The van der Waals surface area contributed by atoms with Crippen molar-refractivity contribution in [2.24, 2.45) is 4.99 Å². The van der Waals surface area contributed by atoms with Crippen molar-refractivity contribution in [3.63, 3.8) is 0 Å². The number of amides is 1. The van der Waals surface area contributed by atoms with Crippen LogP contribution in [0.3, 0.4) is 0 Å². The Balaban J connectivity index is 1.68. The van der Waals surface area contributed by atoms with E-state index in [1.807, 2.05) is 6.07 Å². The fraction of sp³-hybridized carbons (Fsp3) is 0.136. The van der Waals surface area contributed by atoms with E-state index in [1.165, 1.54) is 4.57 Å². The number of benzene rings is 2. The number of phenols is 1. The van der Waals surface area contributed by atoms with Crippen LogP contribution in [0.1, 0.15) is 5.56 Å². The number of hydrogen-bond donors (Lipinski definition) is 2. The number of aliphatic imine (C=N–C) groups is 1. The Kier molecular flexibility index (Phi) is 5.30. The summed E-state index contributed by atoms with van der Waals surface area (Å²) in [5.74, 6) is 1.24. The van der Waals surface area contributed by atoms with Gasteiger partial charge in [0.2, 0.25) is 0 Å². The van der Waals surface area contributed by atoms with E-state index in [2.05, 4.69) is 15.3 Å². The fourth-order valence-corrected chi connectivity index (χ4v) is 3.23. The molecule has 2 aromatic heterocycles. The minimum atomic E-state index is -0.619. The standard InChI is InChI=1S/C22H19FN4O3/c1-24-13-15-11-17-18(12-20(15)28)25-7-4-21(17)30-16-2-3-19-14(10-16)5-9-27(19)22(29)26-8-6-23/h2-5,7,9-13,28H,6,8H2,1H3,(H,26,29). The van der Waals surface area contributed by atoms with E-state index < -0.39 is 6.67 Å². The van der Waals surface area contributed by atoms with Crippen LogP contribution in [0.2, 0.25) is 0 Å². The summed E-state index contributed by atoms with van der Waals surface area (Å²) in [7, 11) is 1.63. The number of ether oxygens (including phenoxy) is 1. The molecule has 4 aromatic rings. The molecule has 2 aromatic carbocycles. The second kappa shape index (κ2) is 8.20. The van der Waals surface area contributed by atoms with Gasteiger partial charge >= 0.3 is 6.03 Å². The number of nitrogens with zero attached hydrogens (tertiary/aromatic N) is 3. The summed E-state index contributed by atoms with van der Waals surface area (Å²) in [6, 6.07) is 11.8. The molecule has 30 heavy (non-hydrogen) atoms. The number of alkyl halides is 1. The van der Waals surface area contributed by atoms with E-state index in [1.54, 1.807) is 62.1 Å². The molecule has 2 N–H and O–H groups in total. The molecule has 0 atom stereocenters. The van der Waals surface area contributed by atoms with E-state index >= 15 is 0 Å². The van der Waals surface area contributed by atoms with Crippen molar-refractivity contribution in [2.75, 3.05) is 20.3 Å². The molecule has 8 heteroatoms. The average Bonchev–Trinajstić information content (AvgIpc) is 3.16. The molecule has 7 nitrogen and oxygen atoms in total. The van der Waals surface area contributed by atoms with Gasteiger partial charge in [-0.15, -0.1) is 0 Å². The van der Waals surface area contributed by atoms with Gasteiger partial charge in [0, 0.05) is 54.6 Å². The van der Waals surface area contributed by atoms with Crippen LogP contribution in [0.25, 0.3) is 21.8 Å². The Morgan fingerprint density at radius 3 is 2.97 bits per heavy atom. The van der Waals surface area contributed by atoms with Gasteiger partial charge in [-0.1, -0.05) is 0 Å². The molecule has 1 amide bonds. The molecule has 0 unspecified atom stereocenters. The predicted octanol–water partition coefficient (Wildman–Crippen LogP) is 4.26. The van der Waals surface area contributed by atoms with Crippen LogP contribution in [-0.2, 0) is 0 Å². The van der Waals surface area contributed by atoms with Gasteiger partial charge in [-0.05, 0) is 36.4 Å². The molecule has 0 bridgehead atoms. The first kappa shape index (κ1) is 19.4. The molecule has 4 rings (SSSR count). The molecular weight excluding hydrogens is 387 g/mol. The van der Waals surface area contributed by atoms with Crippen molar-refractivity contribution in [3.8, 4) is 17.2 Å². The van der Waals surface area contributed by atoms with E-state index in [9.17, 15) is 14.3 Å². The highest BCUT2D eigenvalue weighted by Gasteiger charge is 2.12. The molecule has 0 aliphatic rings. The lowest BCUT2D eigenvalue weighted by atomic mass is 10.1. The van der Waals surface area contributed by atoms with E-state index in [0.29, 0.717) is 28.1 Å². The van der Waals surface area contributed by atoms with Crippen molar-refractivity contribution in [2.45, 2.75) is 0 Å². The number of rotatable bonds is 5. The van der Waals surface area contributed by atoms with E-state index in [-0.39, 0.29) is 18.3 Å². The summed E-state index contributed by atoms with van der Waals surface area (Å²) >= 11 is 0. The van der Waals surface area contributed by atoms with Crippen LogP contribution >= 0.6 is 0 Å². The summed E-state index contributed by atoms with van der Waals surface area (Å²) in [5, 5.41) is 14.1. The van der Waals surface area contributed by atoms with E-state index in [4.69, 9.17) is 4.74 Å². The van der Waals surface area contributed by atoms with Gasteiger partial charge in [-0.2, -0.15) is 0 Å². The molecule has 0 aliphatic heterocycles. The van der Waals surface area contributed by atoms with Gasteiger partial charge in [0.15, 0.2) is 0 Å². The number of hydrogen-bond acceptors (Lipinski definition) is 5. The maximum Gasteiger partial charge on any atom is 0.326 e. The molecule has 0 aliphatic carbocycles. The zero-order valence-electron chi connectivity index (χ0n) is 16.2. The molecule has 152 valence electrons. The number of halogens is 1. The van der Waals surface area contributed by atoms with Crippen molar-refractivity contribution >= 4 is 34.1 Å². The van der Waals surface area contributed by atoms with Crippen molar-refractivity contribution < 1.29 is 19.0 Å². The molecule has 0 radical (unpaired) electrons. The molecule has 0 saturated heterocycles.